The van der Waals surface area contributed by atoms with Crippen LogP contribution >= 0.6 is 0 Å². The summed E-state index contributed by atoms with van der Waals surface area (Å²) in [5.41, 5.74) is 4.77. The van der Waals surface area contributed by atoms with Gasteiger partial charge in [-0.25, -0.2) is 0 Å². The van der Waals surface area contributed by atoms with E-state index in [-0.39, 0.29) is 5.91 Å². The van der Waals surface area contributed by atoms with Gasteiger partial charge in [0.15, 0.2) is 0 Å². The number of nitrogens with two attached hydrogens (primary N) is 1. The van der Waals surface area contributed by atoms with Gasteiger partial charge in [0.2, 0.25) is 5.91 Å². The molecule has 1 fully saturated rings. The number of carbonyl (C=O) groups is 1. The predicted molar refractivity (Wildman–Crippen MR) is 62.4 cm³/mol. The Hall–Kier alpha value is -0.570. The van der Waals surface area contributed by atoms with Crippen LogP contribution in [0.5, 0.6) is 0 Å². The minimum atomic E-state index is -0.566. The van der Waals surface area contributed by atoms with Crippen LogP contribution in [-0.2, 0) is 4.79 Å². The molecular weight excluding hydrogens is 188 g/mol. The third kappa shape index (κ3) is 3.49. The first kappa shape index (κ1) is 12.5. The molecule has 1 aliphatic carbocycles. The largest absolute Gasteiger partial charge is 0.368 e. The van der Waals surface area contributed by atoms with Crippen molar-refractivity contribution in [3.8, 4) is 0 Å². The highest BCUT2D eigenvalue weighted by molar-refractivity contribution is 5.83. The van der Waals surface area contributed by atoms with Gasteiger partial charge < -0.3 is 11.1 Å². The zero-order chi connectivity index (χ0) is 11.5. The van der Waals surface area contributed by atoms with Gasteiger partial charge >= 0.3 is 0 Å². The van der Waals surface area contributed by atoms with E-state index >= 15 is 0 Å². The molecule has 0 spiro atoms. The monoisotopic (exact) mass is 212 g/mol. The molecule has 0 aromatic rings. The fourth-order valence-corrected chi connectivity index (χ4v) is 2.30. The lowest BCUT2D eigenvalue weighted by molar-refractivity contribution is -0.123. The Morgan fingerprint density at radius 2 is 1.87 bits per heavy atom. The quantitative estimate of drug-likeness (QED) is 0.746. The highest BCUT2D eigenvalue weighted by atomic mass is 16.1. The number of rotatable bonds is 4. The number of primary amides is 1. The standard InChI is InChI=1S/C12H24N2O/c1-4-9-5-7-10(8-6-9)14-12(2,3)11(13)15/h9-10,14H,4-8H2,1-3H3,(H2,13,15). The molecule has 15 heavy (non-hydrogen) atoms. The fraction of sp³-hybridized carbons (Fsp3) is 0.917. The Balaban J connectivity index is 2.38. The van der Waals surface area contributed by atoms with Gasteiger partial charge in [0.1, 0.15) is 0 Å². The number of hydrogen-bond acceptors (Lipinski definition) is 2. The summed E-state index contributed by atoms with van der Waals surface area (Å²) in [7, 11) is 0. The first-order valence-corrected chi connectivity index (χ1v) is 6.03. The van der Waals surface area contributed by atoms with Gasteiger partial charge in [0.05, 0.1) is 5.54 Å². The van der Waals surface area contributed by atoms with Gasteiger partial charge in [0, 0.05) is 6.04 Å². The summed E-state index contributed by atoms with van der Waals surface area (Å²) in [6, 6.07) is 0.468. The highest BCUT2D eigenvalue weighted by Crippen LogP contribution is 2.27. The lowest BCUT2D eigenvalue weighted by Gasteiger charge is -2.34. The molecule has 0 saturated heterocycles. The van der Waals surface area contributed by atoms with Crippen molar-refractivity contribution in [3.05, 3.63) is 0 Å². The summed E-state index contributed by atoms with van der Waals surface area (Å²) < 4.78 is 0. The lowest BCUT2D eigenvalue weighted by atomic mass is 9.83. The van der Waals surface area contributed by atoms with Crippen molar-refractivity contribution in [3.63, 3.8) is 0 Å². The molecule has 1 amide bonds. The molecule has 1 rings (SSSR count). The molecule has 0 aromatic heterocycles. The van der Waals surface area contributed by atoms with E-state index in [4.69, 9.17) is 5.73 Å². The average molecular weight is 212 g/mol. The van der Waals surface area contributed by atoms with Crippen molar-refractivity contribution in [2.45, 2.75) is 64.5 Å². The van der Waals surface area contributed by atoms with Gasteiger partial charge in [0.25, 0.3) is 0 Å². The molecule has 3 N–H and O–H groups in total. The summed E-state index contributed by atoms with van der Waals surface area (Å²) in [6.45, 7) is 5.98. The van der Waals surface area contributed by atoms with Crippen LogP contribution in [0.25, 0.3) is 0 Å². The van der Waals surface area contributed by atoms with E-state index in [1.165, 1.54) is 32.1 Å². The Labute approximate surface area is 92.8 Å². The van der Waals surface area contributed by atoms with Crippen molar-refractivity contribution in [1.82, 2.24) is 5.32 Å². The lowest BCUT2D eigenvalue weighted by Crippen LogP contribution is -2.55. The first-order valence-electron chi connectivity index (χ1n) is 6.03. The van der Waals surface area contributed by atoms with Crippen LogP contribution in [0.3, 0.4) is 0 Å². The van der Waals surface area contributed by atoms with Crippen LogP contribution in [-0.4, -0.2) is 17.5 Å². The van der Waals surface area contributed by atoms with E-state index in [9.17, 15) is 4.79 Å². The second kappa shape index (κ2) is 4.97. The van der Waals surface area contributed by atoms with Gasteiger partial charge in [-0.2, -0.15) is 0 Å². The molecule has 0 radical (unpaired) electrons. The SMILES string of the molecule is CCC1CCC(NC(C)(C)C(N)=O)CC1. The zero-order valence-corrected chi connectivity index (χ0v) is 10.2. The van der Waals surface area contributed by atoms with E-state index in [0.717, 1.165) is 5.92 Å². The minimum Gasteiger partial charge on any atom is -0.368 e. The minimum absolute atomic E-state index is 0.264. The summed E-state index contributed by atoms with van der Waals surface area (Å²) in [6.07, 6.45) is 6.20. The maximum atomic E-state index is 11.2. The summed E-state index contributed by atoms with van der Waals surface area (Å²) in [4.78, 5) is 11.2. The smallest absolute Gasteiger partial charge is 0.237 e. The molecule has 0 bridgehead atoms. The first-order chi connectivity index (χ1) is 6.95. The van der Waals surface area contributed by atoms with Gasteiger partial charge in [-0.15, -0.1) is 0 Å². The molecule has 0 aliphatic heterocycles. The molecular formula is C12H24N2O. The van der Waals surface area contributed by atoms with Crippen LogP contribution < -0.4 is 11.1 Å². The number of carbonyl (C=O) groups excluding carboxylic acids is 1. The second-order valence-electron chi connectivity index (χ2n) is 5.26. The summed E-state index contributed by atoms with van der Waals surface area (Å²) in [5, 5.41) is 3.36. The predicted octanol–water partition coefficient (Wildman–Crippen LogP) is 1.81. The van der Waals surface area contributed by atoms with E-state index in [2.05, 4.69) is 12.2 Å². The molecule has 0 aromatic carbocycles. The Bertz CT molecular complexity index is 218. The molecule has 1 saturated carbocycles. The summed E-state index contributed by atoms with van der Waals surface area (Å²) >= 11 is 0. The van der Waals surface area contributed by atoms with Crippen LogP contribution in [0, 0.1) is 5.92 Å². The van der Waals surface area contributed by atoms with Crippen molar-refractivity contribution in [2.24, 2.45) is 11.7 Å². The summed E-state index contributed by atoms with van der Waals surface area (Å²) in [5.74, 6) is 0.625. The zero-order valence-electron chi connectivity index (χ0n) is 10.2. The van der Waals surface area contributed by atoms with E-state index < -0.39 is 5.54 Å². The highest BCUT2D eigenvalue weighted by Gasteiger charge is 2.29. The molecule has 1 aliphatic rings. The normalized spacial score (nSPS) is 27.7. The topological polar surface area (TPSA) is 55.1 Å². The van der Waals surface area contributed by atoms with Crippen molar-refractivity contribution in [1.29, 1.82) is 0 Å². The molecule has 0 heterocycles. The number of hydrogen-bond donors (Lipinski definition) is 2. The average Bonchev–Trinajstić information content (AvgIpc) is 2.18. The van der Waals surface area contributed by atoms with E-state index in [1.807, 2.05) is 13.8 Å². The molecule has 3 nitrogen and oxygen atoms in total. The van der Waals surface area contributed by atoms with Crippen LogP contribution in [0.2, 0.25) is 0 Å². The van der Waals surface area contributed by atoms with E-state index in [1.54, 1.807) is 0 Å². The maximum Gasteiger partial charge on any atom is 0.237 e. The van der Waals surface area contributed by atoms with Gasteiger partial charge in [-0.3, -0.25) is 4.79 Å². The van der Waals surface area contributed by atoms with Gasteiger partial charge in [-0.1, -0.05) is 13.3 Å². The molecule has 3 heteroatoms. The molecule has 88 valence electrons. The van der Waals surface area contributed by atoms with E-state index in [0.29, 0.717) is 6.04 Å². The van der Waals surface area contributed by atoms with Crippen molar-refractivity contribution in [2.75, 3.05) is 0 Å². The van der Waals surface area contributed by atoms with Crippen LogP contribution in [0.4, 0.5) is 0 Å². The Kier molecular flexibility index (Phi) is 4.14. The fourth-order valence-electron chi connectivity index (χ4n) is 2.30. The number of nitrogens with one attached hydrogen (secondary N) is 1. The Morgan fingerprint density at radius 3 is 2.27 bits per heavy atom. The van der Waals surface area contributed by atoms with Gasteiger partial charge in [-0.05, 0) is 45.4 Å². The van der Waals surface area contributed by atoms with Crippen LogP contribution in [0.15, 0.2) is 0 Å². The molecule has 0 atom stereocenters. The third-order valence-corrected chi connectivity index (χ3v) is 3.61. The molecule has 0 unspecified atom stereocenters. The maximum absolute atomic E-state index is 11.2. The second-order valence-corrected chi connectivity index (χ2v) is 5.26. The van der Waals surface area contributed by atoms with Crippen molar-refractivity contribution >= 4 is 5.91 Å². The van der Waals surface area contributed by atoms with Crippen molar-refractivity contribution < 1.29 is 4.79 Å². The van der Waals surface area contributed by atoms with Crippen LogP contribution in [0.1, 0.15) is 52.9 Å². The Morgan fingerprint density at radius 1 is 1.33 bits per heavy atom. The third-order valence-electron chi connectivity index (χ3n) is 3.61. The number of amides is 1.